The van der Waals surface area contributed by atoms with Crippen LogP contribution in [-0.2, 0) is 19.1 Å². The van der Waals surface area contributed by atoms with Crippen LogP contribution in [0.4, 0.5) is 15.3 Å². The van der Waals surface area contributed by atoms with Crippen molar-refractivity contribution in [3.63, 3.8) is 0 Å². The Morgan fingerprint density at radius 1 is 0.494 bits per heavy atom. The van der Waals surface area contributed by atoms with E-state index in [-0.39, 0.29) is 29.1 Å². The number of aliphatic carboxylic acids is 1. The van der Waals surface area contributed by atoms with Gasteiger partial charge in [0.1, 0.15) is 23.3 Å². The highest BCUT2D eigenvalue weighted by Crippen LogP contribution is 2.34. The number of halogens is 1. The molecular weight excluding hydrogens is 1090 g/mol. The molecule has 0 radical (unpaired) electrons. The number of hydrogen-bond donors (Lipinski definition) is 4. The van der Waals surface area contributed by atoms with Gasteiger partial charge in [-0.3, -0.25) is 14.4 Å². The fourth-order valence-corrected chi connectivity index (χ4v) is 9.02. The molecule has 2 heterocycles. The molecule has 15 heteroatoms. The lowest BCUT2D eigenvalue weighted by Gasteiger charge is -2.30. The predicted octanol–water partition coefficient (Wildman–Crippen LogP) is 12.6. The second kappa shape index (κ2) is 25.8. The van der Waals surface area contributed by atoms with Crippen molar-refractivity contribution in [2.24, 2.45) is 0 Å². The number of hydrogen-bond acceptors (Lipinski definition) is 8. The Kier molecular flexibility index (Phi) is 19.6. The van der Waals surface area contributed by atoms with Gasteiger partial charge in [-0.2, -0.15) is 0 Å². The normalized spacial score (nSPS) is 13.0. The minimum atomic E-state index is -1.27. The molecule has 0 bridgehead atoms. The molecule has 4 atom stereocenters. The average molecular weight is 1150 g/mol. The average Bonchev–Trinajstić information content (AvgIpc) is 3.37. The van der Waals surface area contributed by atoms with E-state index in [4.69, 9.17) is 9.47 Å². The van der Waals surface area contributed by atoms with Gasteiger partial charge in [0.25, 0.3) is 11.1 Å². The summed E-state index contributed by atoms with van der Waals surface area (Å²) in [5.74, 6) is -2.80. The molecule has 0 fully saturated rings. The van der Waals surface area contributed by atoms with Gasteiger partial charge in [0.2, 0.25) is 5.91 Å². The minimum Gasteiger partial charge on any atom is -0.480 e. The van der Waals surface area contributed by atoms with Gasteiger partial charge in [0.15, 0.2) is 0 Å². The molecule has 0 spiro atoms. The Hall–Kier alpha value is -7.79. The zero-order valence-electron chi connectivity index (χ0n) is 45.1. The van der Waals surface area contributed by atoms with E-state index >= 15 is 0 Å². The topological polar surface area (TPSA) is 187 Å². The smallest absolute Gasteiger partial charge is 0.408 e. The zero-order chi connectivity index (χ0) is 56.2. The summed E-state index contributed by atoms with van der Waals surface area (Å²) in [5.41, 5.74) is 5.48. The first-order chi connectivity index (χ1) is 36.4. The van der Waals surface area contributed by atoms with Crippen molar-refractivity contribution < 1.29 is 33.8 Å². The van der Waals surface area contributed by atoms with Gasteiger partial charge < -0.3 is 39.7 Å². The number of nitrogens with zero attached hydrogens (tertiary/aromatic N) is 2. The Balaban J connectivity index is 0.000000254. The van der Waals surface area contributed by atoms with Crippen molar-refractivity contribution in [2.75, 3.05) is 5.32 Å². The first kappa shape index (κ1) is 58.5. The molecule has 2 aromatic heterocycles. The van der Waals surface area contributed by atoms with Crippen molar-refractivity contribution in [1.29, 1.82) is 0 Å². The summed E-state index contributed by atoms with van der Waals surface area (Å²) in [6.45, 7) is 18.3. The Labute approximate surface area is 464 Å². The summed E-state index contributed by atoms with van der Waals surface area (Å²) in [6.07, 6.45) is 2.17. The van der Waals surface area contributed by atoms with Crippen LogP contribution in [0.15, 0.2) is 180 Å². The minimum absolute atomic E-state index is 0.00267. The Bertz CT molecular complexity index is 3270. The van der Waals surface area contributed by atoms with Crippen LogP contribution >= 0.6 is 22.6 Å². The third-order valence-corrected chi connectivity index (χ3v) is 12.9. The molecule has 5 aromatic carbocycles. The molecule has 77 heavy (non-hydrogen) atoms. The number of carboxylic acid groups (broad SMARTS) is 1. The number of carbonyl (C=O) groups is 4. The van der Waals surface area contributed by atoms with Gasteiger partial charge in [0, 0.05) is 57.7 Å². The lowest BCUT2D eigenvalue weighted by Crippen LogP contribution is -2.49. The predicted molar refractivity (Wildman–Crippen MR) is 311 cm³/mol. The van der Waals surface area contributed by atoms with E-state index in [1.54, 1.807) is 75.1 Å². The number of nitrogens with one attached hydrogen (secondary N) is 3. The number of pyridine rings is 2. The molecule has 4 N–H and O–H groups in total. The monoisotopic (exact) mass is 1150 g/mol. The lowest BCUT2D eigenvalue weighted by atomic mass is 9.83. The second-order valence-corrected chi connectivity index (χ2v) is 22.4. The Morgan fingerprint density at radius 3 is 1.27 bits per heavy atom. The number of rotatable bonds is 15. The van der Waals surface area contributed by atoms with E-state index in [2.05, 4.69) is 38.5 Å². The van der Waals surface area contributed by atoms with Crippen LogP contribution in [0.3, 0.4) is 0 Å². The van der Waals surface area contributed by atoms with Gasteiger partial charge in [-0.15, -0.1) is 0 Å². The van der Waals surface area contributed by atoms with Gasteiger partial charge in [-0.25, -0.2) is 14.4 Å². The molecule has 7 rings (SSSR count). The first-order valence-electron chi connectivity index (χ1n) is 25.4. The van der Waals surface area contributed by atoms with Crippen molar-refractivity contribution >= 4 is 52.3 Å². The third kappa shape index (κ3) is 16.6. The maximum Gasteiger partial charge on any atom is 0.408 e. The number of ether oxygens (including phenoxy) is 2. The van der Waals surface area contributed by atoms with Crippen molar-refractivity contribution in [3.05, 3.63) is 217 Å². The van der Waals surface area contributed by atoms with Crippen molar-refractivity contribution in [3.8, 4) is 22.3 Å². The molecule has 402 valence electrons. The SMILES string of the molecule is CC(C)n1cc(-c2cccc(C(c3ccccc3)C(NC(=O)OC(C)(C)C)C(=O)Nc3ccc(I)cc3)c2)ccc1=O.CC(C)n1cc(-c2cccc(C(c3ccccc3)C(NC(=O)OC(C)(C)C)C(=O)O)c2)ccc1=O. The van der Waals surface area contributed by atoms with Crippen LogP contribution in [0.25, 0.3) is 22.3 Å². The summed E-state index contributed by atoms with van der Waals surface area (Å²) in [4.78, 5) is 76.6. The Morgan fingerprint density at radius 2 is 0.883 bits per heavy atom. The maximum atomic E-state index is 14.0. The van der Waals surface area contributed by atoms with Crippen LogP contribution in [0, 0.1) is 3.57 Å². The zero-order valence-corrected chi connectivity index (χ0v) is 47.3. The number of alkyl carbamates (subject to hydrolysis) is 2. The van der Waals surface area contributed by atoms with Gasteiger partial charge >= 0.3 is 18.2 Å². The molecule has 0 aliphatic heterocycles. The van der Waals surface area contributed by atoms with E-state index in [0.29, 0.717) is 11.3 Å². The highest BCUT2D eigenvalue weighted by atomic mass is 127. The number of carboxylic acids is 1. The molecule has 0 aliphatic carbocycles. The standard InChI is InChI=1S/C34H36IN3O4.C28H32N2O5/c1-22(2)38-21-26(14-19-29(38)39)24-12-9-13-25(20-24)30(23-10-7-6-8-11-23)31(37-33(41)42-34(3,4)5)32(40)36-28-17-15-27(35)16-18-28;1-18(2)30-17-22(14-15-23(30)31)20-12-9-13-21(16-20)24(19-10-7-6-8-11-19)25(26(32)33)29-27(34)35-28(3,4)5/h6-22,30-31H,1-5H3,(H,36,40)(H,37,41);6-18,24-25H,1-5H3,(H,29,34)(H,32,33). The molecule has 0 saturated heterocycles. The van der Waals surface area contributed by atoms with Crippen molar-refractivity contribution in [2.45, 2.75) is 116 Å². The van der Waals surface area contributed by atoms with Crippen LogP contribution in [0.1, 0.15) is 115 Å². The molecule has 0 saturated carbocycles. The first-order valence-corrected chi connectivity index (χ1v) is 26.5. The van der Waals surface area contributed by atoms with Gasteiger partial charge in [0.05, 0.1) is 0 Å². The largest absolute Gasteiger partial charge is 0.480 e. The summed E-state index contributed by atoms with van der Waals surface area (Å²) in [7, 11) is 0. The fourth-order valence-electron chi connectivity index (χ4n) is 8.66. The van der Waals surface area contributed by atoms with E-state index in [9.17, 15) is 33.9 Å². The highest BCUT2D eigenvalue weighted by molar-refractivity contribution is 14.1. The van der Waals surface area contributed by atoms with Gasteiger partial charge in [-0.05, 0) is 173 Å². The fraction of sp³-hybridized carbons (Fsp3) is 0.290. The number of carbonyl (C=O) groups excluding carboxylic acids is 3. The third-order valence-electron chi connectivity index (χ3n) is 12.1. The number of amides is 3. The second-order valence-electron chi connectivity index (χ2n) is 21.1. The molecule has 3 amide bonds. The van der Waals surface area contributed by atoms with Crippen LogP contribution in [0.5, 0.6) is 0 Å². The summed E-state index contributed by atoms with van der Waals surface area (Å²) >= 11 is 2.21. The van der Waals surface area contributed by atoms with Crippen molar-refractivity contribution in [1.82, 2.24) is 19.8 Å². The summed E-state index contributed by atoms with van der Waals surface area (Å²) in [5, 5.41) is 18.5. The summed E-state index contributed by atoms with van der Waals surface area (Å²) < 4.78 is 15.3. The highest BCUT2D eigenvalue weighted by Gasteiger charge is 2.36. The molecular formula is C62H68IN5O9. The lowest BCUT2D eigenvalue weighted by molar-refractivity contribution is -0.139. The molecule has 14 nitrogen and oxygen atoms in total. The quantitative estimate of drug-likeness (QED) is 0.0725. The van der Waals surface area contributed by atoms with E-state index in [0.717, 1.165) is 42.5 Å². The van der Waals surface area contributed by atoms with E-state index in [1.165, 1.54) is 6.07 Å². The summed E-state index contributed by atoms with van der Waals surface area (Å²) in [6, 6.07) is 46.0. The van der Waals surface area contributed by atoms with E-state index < -0.39 is 53.3 Å². The molecule has 4 unspecified atom stereocenters. The van der Waals surface area contributed by atoms with Crippen LogP contribution in [-0.4, -0.2) is 61.6 Å². The molecule has 7 aromatic rings. The van der Waals surface area contributed by atoms with Crippen LogP contribution in [0.2, 0.25) is 0 Å². The number of aromatic nitrogens is 2. The van der Waals surface area contributed by atoms with E-state index in [1.807, 2.05) is 167 Å². The number of benzene rings is 5. The maximum absolute atomic E-state index is 14.0. The van der Waals surface area contributed by atoms with Crippen LogP contribution < -0.4 is 27.1 Å². The number of anilines is 1. The van der Waals surface area contributed by atoms with Gasteiger partial charge in [-0.1, -0.05) is 109 Å². The molecule has 0 aliphatic rings.